The molecule has 0 aliphatic heterocycles. The van der Waals surface area contributed by atoms with Crippen molar-refractivity contribution < 1.29 is 23.8 Å². The van der Waals surface area contributed by atoms with E-state index < -0.39 is 5.97 Å². The number of ether oxygens (including phenoxy) is 2. The van der Waals surface area contributed by atoms with E-state index in [9.17, 15) is 14.3 Å². The molecule has 4 aromatic rings. The number of aliphatic carboxylic acids is 1. The number of nitrogens with one attached hydrogen (secondary N) is 1. The van der Waals surface area contributed by atoms with Crippen LogP contribution in [-0.4, -0.2) is 45.9 Å². The number of hydrogen-bond donors (Lipinski definition) is 2. The zero-order chi connectivity index (χ0) is 24.2. The molecule has 0 saturated heterocycles. The Balaban J connectivity index is 1.51. The zero-order valence-corrected chi connectivity index (χ0v) is 19.9. The van der Waals surface area contributed by atoms with Gasteiger partial charge in [-0.15, -0.1) is 11.3 Å². The van der Waals surface area contributed by atoms with E-state index >= 15 is 0 Å². The van der Waals surface area contributed by atoms with Gasteiger partial charge in [-0.2, -0.15) is 0 Å². The van der Waals surface area contributed by atoms with Crippen LogP contribution in [0.25, 0.3) is 21.5 Å². The van der Waals surface area contributed by atoms with E-state index in [-0.39, 0.29) is 12.2 Å². The van der Waals surface area contributed by atoms with Gasteiger partial charge in [0.15, 0.2) is 0 Å². The van der Waals surface area contributed by atoms with Gasteiger partial charge in [0.1, 0.15) is 29.5 Å². The lowest BCUT2D eigenvalue weighted by molar-refractivity contribution is -0.136. The largest absolute Gasteiger partial charge is 0.496 e. The third-order valence-corrected chi connectivity index (χ3v) is 6.48. The minimum atomic E-state index is -0.915. The minimum absolute atomic E-state index is 0.109. The smallest absolute Gasteiger partial charge is 0.308 e. The summed E-state index contributed by atoms with van der Waals surface area (Å²) in [4.78, 5) is 21.2. The molecule has 178 valence electrons. The third kappa shape index (κ3) is 4.81. The molecular formula is C24H25FN4O4S. The quantitative estimate of drug-likeness (QED) is 0.335. The molecule has 0 bridgehead atoms. The van der Waals surface area contributed by atoms with Crippen molar-refractivity contribution in [2.75, 3.05) is 25.6 Å². The predicted octanol–water partition coefficient (Wildman–Crippen LogP) is 4.75. The normalized spacial score (nSPS) is 11.1. The van der Waals surface area contributed by atoms with E-state index in [4.69, 9.17) is 9.47 Å². The van der Waals surface area contributed by atoms with Crippen LogP contribution in [0.5, 0.6) is 11.5 Å². The van der Waals surface area contributed by atoms with Gasteiger partial charge in [-0.1, -0.05) is 0 Å². The SMILES string of the molecule is CCOc1cc(-c2cc(NCCn3c(C)cc4c(OC)ccc(F)c43)ncn2)sc1CC(=O)O. The fraction of sp³-hybridized carbons (Fsp3) is 0.292. The first-order valence-corrected chi connectivity index (χ1v) is 11.6. The number of halogens is 1. The number of carboxylic acid groups (broad SMARTS) is 1. The second-order valence-corrected chi connectivity index (χ2v) is 8.70. The van der Waals surface area contributed by atoms with E-state index in [1.165, 1.54) is 23.7 Å². The van der Waals surface area contributed by atoms with Gasteiger partial charge in [-0.3, -0.25) is 4.79 Å². The molecule has 4 rings (SSSR count). The molecule has 0 spiro atoms. The van der Waals surface area contributed by atoms with Gasteiger partial charge in [-0.25, -0.2) is 14.4 Å². The number of thiophene rings is 1. The number of aromatic nitrogens is 3. The molecular weight excluding hydrogens is 459 g/mol. The van der Waals surface area contributed by atoms with Crippen LogP contribution in [0.2, 0.25) is 0 Å². The Morgan fingerprint density at radius 1 is 1.24 bits per heavy atom. The maximum absolute atomic E-state index is 14.6. The number of rotatable bonds is 10. The van der Waals surface area contributed by atoms with Crippen LogP contribution in [0.4, 0.5) is 10.2 Å². The summed E-state index contributed by atoms with van der Waals surface area (Å²) in [5.41, 5.74) is 2.10. The summed E-state index contributed by atoms with van der Waals surface area (Å²) >= 11 is 1.34. The number of hydrogen-bond acceptors (Lipinski definition) is 7. The molecule has 2 N–H and O–H groups in total. The molecule has 34 heavy (non-hydrogen) atoms. The Labute approximate surface area is 200 Å². The summed E-state index contributed by atoms with van der Waals surface area (Å²) in [7, 11) is 1.57. The lowest BCUT2D eigenvalue weighted by Crippen LogP contribution is -2.12. The van der Waals surface area contributed by atoms with Crippen LogP contribution in [0.15, 0.2) is 36.7 Å². The van der Waals surface area contributed by atoms with E-state index in [0.29, 0.717) is 53.1 Å². The average Bonchev–Trinajstić information content (AvgIpc) is 3.35. The molecule has 3 heterocycles. The lowest BCUT2D eigenvalue weighted by Gasteiger charge is -2.11. The first-order chi connectivity index (χ1) is 16.4. The second kappa shape index (κ2) is 10.1. The summed E-state index contributed by atoms with van der Waals surface area (Å²) in [6.45, 7) is 5.26. The van der Waals surface area contributed by atoms with E-state index in [1.54, 1.807) is 19.2 Å². The molecule has 0 aliphatic carbocycles. The topological polar surface area (TPSA) is 98.5 Å². The van der Waals surface area contributed by atoms with Crippen molar-refractivity contribution in [2.45, 2.75) is 26.8 Å². The van der Waals surface area contributed by atoms with Gasteiger partial charge in [0.25, 0.3) is 0 Å². The molecule has 0 fully saturated rings. The molecule has 0 amide bonds. The van der Waals surface area contributed by atoms with Gasteiger partial charge in [0, 0.05) is 36.3 Å². The summed E-state index contributed by atoms with van der Waals surface area (Å²) in [6, 6.07) is 8.57. The maximum Gasteiger partial charge on any atom is 0.308 e. The van der Waals surface area contributed by atoms with Crippen molar-refractivity contribution in [2.24, 2.45) is 0 Å². The molecule has 0 saturated carbocycles. The van der Waals surface area contributed by atoms with Gasteiger partial charge in [0.05, 0.1) is 41.1 Å². The summed E-state index contributed by atoms with van der Waals surface area (Å²) in [6.07, 6.45) is 1.34. The minimum Gasteiger partial charge on any atom is -0.496 e. The summed E-state index contributed by atoms with van der Waals surface area (Å²) in [5, 5.41) is 13.2. The maximum atomic E-state index is 14.6. The van der Waals surface area contributed by atoms with E-state index in [0.717, 1.165) is 16.0 Å². The number of benzene rings is 1. The number of carboxylic acids is 1. The Hall–Kier alpha value is -3.66. The molecule has 0 unspecified atom stereocenters. The second-order valence-electron chi connectivity index (χ2n) is 7.57. The predicted molar refractivity (Wildman–Crippen MR) is 130 cm³/mol. The molecule has 0 atom stereocenters. The highest BCUT2D eigenvalue weighted by atomic mass is 32.1. The Morgan fingerprint density at radius 2 is 2.06 bits per heavy atom. The van der Waals surface area contributed by atoms with Crippen LogP contribution in [0.1, 0.15) is 17.5 Å². The Morgan fingerprint density at radius 3 is 2.79 bits per heavy atom. The number of methoxy groups -OCH3 is 1. The van der Waals surface area contributed by atoms with Gasteiger partial charge >= 0.3 is 5.97 Å². The third-order valence-electron chi connectivity index (χ3n) is 5.34. The van der Waals surface area contributed by atoms with Crippen molar-refractivity contribution in [3.05, 3.63) is 53.0 Å². The number of fused-ring (bicyclic) bond motifs is 1. The fourth-order valence-corrected chi connectivity index (χ4v) is 4.93. The van der Waals surface area contributed by atoms with E-state index in [2.05, 4.69) is 15.3 Å². The lowest BCUT2D eigenvalue weighted by atomic mass is 10.2. The number of nitrogens with zero attached hydrogens (tertiary/aromatic N) is 3. The van der Waals surface area contributed by atoms with Crippen molar-refractivity contribution in [1.29, 1.82) is 0 Å². The fourth-order valence-electron chi connectivity index (χ4n) is 3.87. The molecule has 10 heteroatoms. The summed E-state index contributed by atoms with van der Waals surface area (Å²) in [5.74, 6) is 0.597. The monoisotopic (exact) mass is 484 g/mol. The van der Waals surface area contributed by atoms with Gasteiger partial charge < -0.3 is 24.5 Å². The zero-order valence-electron chi connectivity index (χ0n) is 19.1. The first-order valence-electron chi connectivity index (χ1n) is 10.8. The van der Waals surface area contributed by atoms with E-state index in [1.807, 2.05) is 30.5 Å². The Bertz CT molecular complexity index is 1330. The first kappa shape index (κ1) is 23.5. The molecule has 0 aliphatic rings. The van der Waals surface area contributed by atoms with Gasteiger partial charge in [-0.05, 0) is 32.0 Å². The van der Waals surface area contributed by atoms with Crippen molar-refractivity contribution >= 4 is 34.0 Å². The highest BCUT2D eigenvalue weighted by Crippen LogP contribution is 2.36. The van der Waals surface area contributed by atoms with Gasteiger partial charge in [0.2, 0.25) is 0 Å². The highest BCUT2D eigenvalue weighted by molar-refractivity contribution is 7.15. The molecule has 0 radical (unpaired) electrons. The van der Waals surface area contributed by atoms with Crippen LogP contribution in [0, 0.1) is 12.7 Å². The van der Waals surface area contributed by atoms with Crippen LogP contribution in [-0.2, 0) is 17.8 Å². The molecule has 3 aromatic heterocycles. The standard InChI is InChI=1S/C24H25FN4O4S/c1-4-33-19-11-20(34-21(19)12-23(30)31)17-10-22(28-13-27-17)26-7-8-29-14(2)9-15-18(32-3)6-5-16(25)24(15)29/h5-6,9-11,13H,4,7-8,12H2,1-3H3,(H,30,31)(H,26,27,28). The summed E-state index contributed by atoms with van der Waals surface area (Å²) < 4.78 is 27.5. The molecule has 8 nitrogen and oxygen atoms in total. The van der Waals surface area contributed by atoms with Crippen molar-refractivity contribution in [1.82, 2.24) is 14.5 Å². The Kier molecular flexibility index (Phi) is 6.97. The van der Waals surface area contributed by atoms with Crippen LogP contribution in [0.3, 0.4) is 0 Å². The van der Waals surface area contributed by atoms with Crippen molar-refractivity contribution in [3.63, 3.8) is 0 Å². The van der Waals surface area contributed by atoms with Crippen LogP contribution >= 0.6 is 11.3 Å². The average molecular weight is 485 g/mol. The number of anilines is 1. The molecule has 1 aromatic carbocycles. The number of carbonyl (C=O) groups is 1. The van der Waals surface area contributed by atoms with Crippen LogP contribution < -0.4 is 14.8 Å². The number of aryl methyl sites for hydroxylation is 1. The van der Waals surface area contributed by atoms with Crippen molar-refractivity contribution in [3.8, 4) is 22.1 Å². The highest BCUT2D eigenvalue weighted by Gasteiger charge is 2.16.